The minimum atomic E-state index is 0.186. The van der Waals surface area contributed by atoms with Crippen LogP contribution in [-0.2, 0) is 11.3 Å². The molecule has 0 N–H and O–H groups in total. The molecule has 0 aliphatic rings. The quantitative estimate of drug-likeness (QED) is 0.684. The first-order valence-corrected chi connectivity index (χ1v) is 7.19. The zero-order valence-electron chi connectivity index (χ0n) is 11.8. The zero-order chi connectivity index (χ0) is 14.1. The van der Waals surface area contributed by atoms with Crippen molar-refractivity contribution >= 4 is 17.5 Å². The van der Waals surface area contributed by atoms with Crippen molar-refractivity contribution in [1.29, 1.82) is 0 Å². The molecule has 0 bridgehead atoms. The van der Waals surface area contributed by atoms with Crippen molar-refractivity contribution < 1.29 is 4.79 Å². The summed E-state index contributed by atoms with van der Waals surface area (Å²) in [6, 6.07) is 10.1. The molecule has 1 amide bonds. The predicted molar refractivity (Wildman–Crippen MR) is 80.4 cm³/mol. The van der Waals surface area contributed by atoms with Gasteiger partial charge in [-0.25, -0.2) is 0 Å². The van der Waals surface area contributed by atoms with Crippen LogP contribution in [0.3, 0.4) is 0 Å². The van der Waals surface area contributed by atoms with Crippen molar-refractivity contribution in [3.63, 3.8) is 0 Å². The summed E-state index contributed by atoms with van der Waals surface area (Å²) in [5.41, 5.74) is 1.17. The summed E-state index contributed by atoms with van der Waals surface area (Å²) in [5.74, 6) is 0.727. The molecule has 1 aromatic rings. The Balaban J connectivity index is 2.60. The van der Waals surface area contributed by atoms with Crippen LogP contribution in [0, 0.1) is 0 Å². The maximum absolute atomic E-state index is 12.2. The minimum absolute atomic E-state index is 0.186. The molecule has 106 valence electrons. The highest BCUT2D eigenvalue weighted by atomic mass is 35.5. The molecule has 0 aromatic heterocycles. The summed E-state index contributed by atoms with van der Waals surface area (Å²) >= 11 is 5.66. The van der Waals surface area contributed by atoms with E-state index in [4.69, 9.17) is 11.6 Å². The first kappa shape index (κ1) is 16.0. The van der Waals surface area contributed by atoms with Crippen LogP contribution in [0.15, 0.2) is 30.3 Å². The number of likely N-dealkylation sites (N-methyl/N-ethyl adjacent to an activating group) is 1. The normalized spacial score (nSPS) is 10.7. The summed E-state index contributed by atoms with van der Waals surface area (Å²) in [6.07, 6.45) is 1.28. The van der Waals surface area contributed by atoms with Crippen molar-refractivity contribution in [3.05, 3.63) is 35.9 Å². The largest absolute Gasteiger partial charge is 0.337 e. The Morgan fingerprint density at radius 3 is 2.42 bits per heavy atom. The molecule has 1 aromatic carbocycles. The molecular weight excluding hydrogens is 260 g/mol. The highest BCUT2D eigenvalue weighted by Crippen LogP contribution is 2.07. The number of carbonyl (C=O) groups excluding carboxylic acids is 1. The fourth-order valence-electron chi connectivity index (χ4n) is 1.79. The Bertz CT molecular complexity index is 368. The van der Waals surface area contributed by atoms with Gasteiger partial charge in [-0.3, -0.25) is 4.79 Å². The molecule has 19 heavy (non-hydrogen) atoms. The van der Waals surface area contributed by atoms with E-state index in [-0.39, 0.29) is 5.91 Å². The van der Waals surface area contributed by atoms with E-state index in [0.29, 0.717) is 18.8 Å². The van der Waals surface area contributed by atoms with Gasteiger partial charge in [0.1, 0.15) is 0 Å². The molecule has 0 spiro atoms. The number of amides is 1. The first-order chi connectivity index (χ1) is 9.13. The van der Waals surface area contributed by atoms with E-state index in [9.17, 15) is 4.79 Å². The number of nitrogens with zero attached hydrogens (tertiary/aromatic N) is 2. The molecule has 0 saturated heterocycles. The maximum atomic E-state index is 12.2. The van der Waals surface area contributed by atoms with Gasteiger partial charge in [-0.15, -0.1) is 11.6 Å². The van der Waals surface area contributed by atoms with Crippen LogP contribution >= 0.6 is 11.6 Å². The van der Waals surface area contributed by atoms with Crippen molar-refractivity contribution in [2.75, 3.05) is 33.1 Å². The van der Waals surface area contributed by atoms with E-state index in [1.54, 1.807) is 0 Å². The molecule has 4 heteroatoms. The Hall–Kier alpha value is -1.06. The van der Waals surface area contributed by atoms with E-state index in [0.717, 1.165) is 19.5 Å². The lowest BCUT2D eigenvalue weighted by Crippen LogP contribution is -2.36. The number of halogens is 1. The summed E-state index contributed by atoms with van der Waals surface area (Å²) in [6.45, 7) is 2.30. The summed E-state index contributed by atoms with van der Waals surface area (Å²) in [7, 11) is 4.04. The second kappa shape index (κ2) is 8.94. The molecule has 0 aliphatic heterocycles. The molecule has 0 fully saturated rings. The molecule has 0 radical (unpaired) electrons. The van der Waals surface area contributed by atoms with Gasteiger partial charge >= 0.3 is 0 Å². The lowest BCUT2D eigenvalue weighted by Gasteiger charge is -2.24. The van der Waals surface area contributed by atoms with Crippen molar-refractivity contribution in [2.45, 2.75) is 19.4 Å². The number of benzene rings is 1. The SMILES string of the molecule is CN(C)CCN(Cc1ccccc1)C(=O)CCCCl. The van der Waals surface area contributed by atoms with Crippen LogP contribution in [-0.4, -0.2) is 48.8 Å². The van der Waals surface area contributed by atoms with Crippen LogP contribution in [0.1, 0.15) is 18.4 Å². The Morgan fingerprint density at radius 1 is 1.16 bits per heavy atom. The average Bonchev–Trinajstić information content (AvgIpc) is 2.41. The number of hydrogen-bond acceptors (Lipinski definition) is 2. The predicted octanol–water partition coefficient (Wildman–Crippen LogP) is 2.60. The van der Waals surface area contributed by atoms with E-state index in [1.807, 2.05) is 37.2 Å². The van der Waals surface area contributed by atoms with Crippen LogP contribution < -0.4 is 0 Å². The highest BCUT2D eigenvalue weighted by molar-refractivity contribution is 6.17. The van der Waals surface area contributed by atoms with Gasteiger partial charge in [-0.05, 0) is 26.1 Å². The molecule has 0 aliphatic carbocycles. The molecular formula is C15H23ClN2O. The molecule has 0 unspecified atom stereocenters. The minimum Gasteiger partial charge on any atom is -0.337 e. The first-order valence-electron chi connectivity index (χ1n) is 6.66. The summed E-state index contributed by atoms with van der Waals surface area (Å²) in [4.78, 5) is 16.2. The second-order valence-corrected chi connectivity index (χ2v) is 5.27. The van der Waals surface area contributed by atoms with Crippen LogP contribution in [0.2, 0.25) is 0 Å². The van der Waals surface area contributed by atoms with Crippen LogP contribution in [0.5, 0.6) is 0 Å². The third-order valence-corrected chi connectivity index (χ3v) is 3.18. The van der Waals surface area contributed by atoms with E-state index in [2.05, 4.69) is 17.0 Å². The molecule has 0 heterocycles. The van der Waals surface area contributed by atoms with Gasteiger partial charge in [-0.1, -0.05) is 30.3 Å². The maximum Gasteiger partial charge on any atom is 0.222 e. The second-order valence-electron chi connectivity index (χ2n) is 4.90. The van der Waals surface area contributed by atoms with E-state index in [1.165, 1.54) is 5.56 Å². The fraction of sp³-hybridized carbons (Fsp3) is 0.533. The zero-order valence-corrected chi connectivity index (χ0v) is 12.6. The van der Waals surface area contributed by atoms with Crippen molar-refractivity contribution in [1.82, 2.24) is 9.80 Å². The lowest BCUT2D eigenvalue weighted by molar-refractivity contribution is -0.132. The van der Waals surface area contributed by atoms with Gasteiger partial charge in [-0.2, -0.15) is 0 Å². The van der Waals surface area contributed by atoms with Gasteiger partial charge in [0.2, 0.25) is 5.91 Å². The van der Waals surface area contributed by atoms with Gasteiger partial charge < -0.3 is 9.80 Å². The topological polar surface area (TPSA) is 23.6 Å². The number of alkyl halides is 1. The summed E-state index contributed by atoms with van der Waals surface area (Å²) in [5, 5.41) is 0. The summed E-state index contributed by atoms with van der Waals surface area (Å²) < 4.78 is 0. The van der Waals surface area contributed by atoms with Crippen molar-refractivity contribution in [3.8, 4) is 0 Å². The molecule has 3 nitrogen and oxygen atoms in total. The van der Waals surface area contributed by atoms with Crippen LogP contribution in [0.25, 0.3) is 0 Å². The molecule has 1 rings (SSSR count). The third-order valence-electron chi connectivity index (χ3n) is 2.91. The van der Waals surface area contributed by atoms with Gasteiger partial charge in [0.05, 0.1) is 0 Å². The monoisotopic (exact) mass is 282 g/mol. The third kappa shape index (κ3) is 6.60. The standard InChI is InChI=1S/C15H23ClN2O/c1-17(2)11-12-18(15(19)9-6-10-16)13-14-7-4-3-5-8-14/h3-5,7-8H,6,9-13H2,1-2H3. The number of rotatable bonds is 8. The van der Waals surface area contributed by atoms with Gasteiger partial charge in [0, 0.05) is 31.9 Å². The van der Waals surface area contributed by atoms with E-state index >= 15 is 0 Å². The van der Waals surface area contributed by atoms with Gasteiger partial charge in [0.15, 0.2) is 0 Å². The highest BCUT2D eigenvalue weighted by Gasteiger charge is 2.13. The molecule has 0 atom stereocenters. The Labute approximate surface area is 121 Å². The van der Waals surface area contributed by atoms with Crippen molar-refractivity contribution in [2.24, 2.45) is 0 Å². The lowest BCUT2D eigenvalue weighted by atomic mass is 10.2. The number of carbonyl (C=O) groups is 1. The fourth-order valence-corrected chi connectivity index (χ4v) is 1.93. The Kier molecular flexibility index (Phi) is 7.53. The van der Waals surface area contributed by atoms with Crippen LogP contribution in [0.4, 0.5) is 0 Å². The average molecular weight is 283 g/mol. The Morgan fingerprint density at radius 2 is 1.84 bits per heavy atom. The van der Waals surface area contributed by atoms with E-state index < -0.39 is 0 Å². The molecule has 0 saturated carbocycles. The van der Waals surface area contributed by atoms with Gasteiger partial charge in [0.25, 0.3) is 0 Å². The number of hydrogen-bond donors (Lipinski definition) is 0. The smallest absolute Gasteiger partial charge is 0.222 e.